The van der Waals surface area contributed by atoms with Gasteiger partial charge in [0, 0.05) is 24.5 Å². The summed E-state index contributed by atoms with van der Waals surface area (Å²) in [7, 11) is 0. The minimum atomic E-state index is -0.594. The van der Waals surface area contributed by atoms with Gasteiger partial charge in [0.1, 0.15) is 22.3 Å². The van der Waals surface area contributed by atoms with Gasteiger partial charge in [-0.3, -0.25) is 10.1 Å². The second-order valence-corrected chi connectivity index (χ2v) is 7.54. The van der Waals surface area contributed by atoms with Crippen molar-refractivity contribution in [3.8, 4) is 0 Å². The lowest BCUT2D eigenvalue weighted by molar-refractivity contribution is -0.402. The van der Waals surface area contributed by atoms with Gasteiger partial charge in [0.15, 0.2) is 5.82 Å². The van der Waals surface area contributed by atoms with E-state index in [1.807, 2.05) is 4.90 Å². The van der Waals surface area contributed by atoms with E-state index < -0.39 is 4.92 Å². The van der Waals surface area contributed by atoms with Crippen molar-refractivity contribution >= 4 is 40.4 Å². The van der Waals surface area contributed by atoms with Crippen LogP contribution in [0.2, 0.25) is 0 Å². The van der Waals surface area contributed by atoms with Gasteiger partial charge in [-0.05, 0) is 43.2 Å². The molecule has 160 valence electrons. The molecule has 0 radical (unpaired) electrons. The summed E-state index contributed by atoms with van der Waals surface area (Å²) in [5.41, 5.74) is 1.11. The molecule has 1 aliphatic heterocycles. The Morgan fingerprint density at radius 2 is 2.00 bits per heavy atom. The van der Waals surface area contributed by atoms with Crippen molar-refractivity contribution in [1.82, 2.24) is 9.97 Å². The third kappa shape index (κ3) is 4.19. The smallest absolute Gasteiger partial charge is 0.401 e. The Morgan fingerprint density at radius 3 is 2.71 bits per heavy atom. The Labute approximate surface area is 176 Å². The van der Waals surface area contributed by atoms with Crippen LogP contribution in [0.1, 0.15) is 24.4 Å². The lowest BCUT2D eigenvalue weighted by Crippen LogP contribution is -2.36. The third-order valence-corrected chi connectivity index (χ3v) is 5.24. The third-order valence-electron chi connectivity index (χ3n) is 5.24. The number of ether oxygens (including phenoxy) is 1. The molecule has 9 nitrogen and oxygen atoms in total. The average molecular weight is 425 g/mol. The van der Waals surface area contributed by atoms with Crippen molar-refractivity contribution < 1.29 is 18.5 Å². The fourth-order valence-electron chi connectivity index (χ4n) is 3.49. The maximum atomic E-state index is 14.9. The zero-order chi connectivity index (χ0) is 21.4. The minimum Gasteiger partial charge on any atom is -0.401 e. The van der Waals surface area contributed by atoms with Gasteiger partial charge in [0.05, 0.1) is 30.5 Å². The molecule has 1 N–H and O–H groups in total. The Balaban J connectivity index is 1.53. The van der Waals surface area contributed by atoms with Gasteiger partial charge in [0.2, 0.25) is 0 Å². The number of halogens is 1. The first kappa shape index (κ1) is 19.4. The van der Waals surface area contributed by atoms with Crippen LogP contribution in [0.4, 0.5) is 21.8 Å². The summed E-state index contributed by atoms with van der Waals surface area (Å²) in [6, 6.07) is 6.34. The Morgan fingerprint density at radius 1 is 1.19 bits per heavy atom. The molecule has 0 atom stereocenters. The van der Waals surface area contributed by atoms with Crippen molar-refractivity contribution in [3.63, 3.8) is 0 Å². The molecule has 31 heavy (non-hydrogen) atoms. The molecule has 3 aromatic rings. The van der Waals surface area contributed by atoms with E-state index >= 15 is 0 Å². The molecule has 0 spiro atoms. The van der Waals surface area contributed by atoms with Crippen molar-refractivity contribution in [2.75, 3.05) is 36.5 Å². The van der Waals surface area contributed by atoms with Gasteiger partial charge >= 0.3 is 5.88 Å². The van der Waals surface area contributed by atoms with Crippen LogP contribution in [0.3, 0.4) is 0 Å². The van der Waals surface area contributed by atoms with E-state index in [1.165, 1.54) is 18.2 Å². The number of hydrogen-bond donors (Lipinski definition) is 1. The summed E-state index contributed by atoms with van der Waals surface area (Å²) in [5, 5.41) is 14.8. The van der Waals surface area contributed by atoms with E-state index in [0.717, 1.165) is 12.8 Å². The topological polar surface area (TPSA) is 107 Å². The van der Waals surface area contributed by atoms with E-state index in [1.54, 1.807) is 18.2 Å². The maximum Gasteiger partial charge on any atom is 0.433 e. The molecule has 1 aromatic carbocycles. The van der Waals surface area contributed by atoms with Crippen LogP contribution in [0.5, 0.6) is 0 Å². The zero-order valence-corrected chi connectivity index (χ0v) is 16.6. The van der Waals surface area contributed by atoms with Gasteiger partial charge in [0.25, 0.3) is 0 Å². The summed E-state index contributed by atoms with van der Waals surface area (Å²) in [4.78, 5) is 21.3. The van der Waals surface area contributed by atoms with E-state index in [9.17, 15) is 14.5 Å². The normalized spacial score (nSPS) is 16.9. The summed E-state index contributed by atoms with van der Waals surface area (Å²) in [5.74, 6) is 0.642. The molecule has 2 aliphatic rings. The quantitative estimate of drug-likeness (QED) is 0.469. The number of anilines is 2. The highest BCUT2D eigenvalue weighted by atomic mass is 19.1. The maximum absolute atomic E-state index is 14.9. The van der Waals surface area contributed by atoms with E-state index in [4.69, 9.17) is 9.15 Å². The minimum absolute atomic E-state index is 0.317. The standard InChI is InChI=1S/C21H20FN5O4/c22-16-11-15-17(12-18(16)26-7-9-30-10-8-26)24-19(25-21(15)23-13-1-2-13)5-3-14-4-6-20(31-14)27(28)29/h3-6,11-13H,1-2,7-10H2,(H,23,24,25)/b5-3+. The summed E-state index contributed by atoms with van der Waals surface area (Å²) in [6.07, 6.45) is 5.28. The molecule has 1 saturated carbocycles. The zero-order valence-electron chi connectivity index (χ0n) is 16.6. The number of nitro groups is 1. The van der Waals surface area contributed by atoms with Crippen LogP contribution in [0.15, 0.2) is 28.7 Å². The molecule has 1 saturated heterocycles. The van der Waals surface area contributed by atoms with Crippen LogP contribution >= 0.6 is 0 Å². The molecule has 2 fully saturated rings. The molecule has 3 heterocycles. The summed E-state index contributed by atoms with van der Waals surface area (Å²) < 4.78 is 25.4. The fraction of sp³-hybridized carbons (Fsp3) is 0.333. The van der Waals surface area contributed by atoms with E-state index in [2.05, 4.69) is 15.3 Å². The first-order chi connectivity index (χ1) is 15.1. The number of benzene rings is 1. The second-order valence-electron chi connectivity index (χ2n) is 7.54. The fourth-order valence-corrected chi connectivity index (χ4v) is 3.49. The monoisotopic (exact) mass is 425 g/mol. The number of nitrogens with zero attached hydrogens (tertiary/aromatic N) is 4. The first-order valence-electron chi connectivity index (χ1n) is 10.1. The average Bonchev–Trinajstić information content (AvgIpc) is 3.45. The second kappa shape index (κ2) is 7.95. The van der Waals surface area contributed by atoms with Gasteiger partial charge < -0.3 is 19.4 Å². The van der Waals surface area contributed by atoms with Crippen molar-refractivity contribution in [1.29, 1.82) is 0 Å². The van der Waals surface area contributed by atoms with Gasteiger partial charge in [-0.25, -0.2) is 14.4 Å². The predicted molar refractivity (Wildman–Crippen MR) is 113 cm³/mol. The van der Waals surface area contributed by atoms with E-state index in [-0.39, 0.29) is 11.7 Å². The summed E-state index contributed by atoms with van der Waals surface area (Å²) in [6.45, 7) is 2.34. The van der Waals surface area contributed by atoms with Crippen LogP contribution in [-0.2, 0) is 4.74 Å². The van der Waals surface area contributed by atoms with Gasteiger partial charge in [-0.1, -0.05) is 0 Å². The number of furan rings is 1. The molecule has 5 rings (SSSR count). The number of morpholine rings is 1. The van der Waals surface area contributed by atoms with Crippen LogP contribution in [0.25, 0.3) is 23.1 Å². The molecular weight excluding hydrogens is 405 g/mol. The van der Waals surface area contributed by atoms with Crippen LogP contribution < -0.4 is 10.2 Å². The molecule has 2 aromatic heterocycles. The van der Waals surface area contributed by atoms with E-state index in [0.29, 0.717) is 66.3 Å². The first-order valence-corrected chi connectivity index (χ1v) is 10.1. The van der Waals surface area contributed by atoms with Crippen molar-refractivity contribution in [3.05, 3.63) is 51.8 Å². The number of nitrogens with one attached hydrogen (secondary N) is 1. The van der Waals surface area contributed by atoms with Crippen LogP contribution in [0, 0.1) is 15.9 Å². The number of hydrogen-bond acceptors (Lipinski definition) is 8. The molecule has 10 heteroatoms. The molecule has 0 bridgehead atoms. The van der Waals surface area contributed by atoms with Crippen molar-refractivity contribution in [2.24, 2.45) is 0 Å². The Kier molecular flexibility index (Phi) is 4.99. The highest BCUT2D eigenvalue weighted by molar-refractivity contribution is 5.92. The Bertz CT molecular complexity index is 1170. The number of aromatic nitrogens is 2. The SMILES string of the molecule is O=[N+]([O-])c1ccc(/C=C/c2nc(NC3CC3)c3cc(F)c(N4CCOCC4)cc3n2)o1. The predicted octanol–water partition coefficient (Wildman–Crippen LogP) is 3.85. The molecule has 0 amide bonds. The number of rotatable bonds is 6. The highest BCUT2D eigenvalue weighted by Gasteiger charge is 2.24. The van der Waals surface area contributed by atoms with Gasteiger partial charge in [-0.2, -0.15) is 0 Å². The largest absolute Gasteiger partial charge is 0.433 e. The molecule has 1 aliphatic carbocycles. The highest BCUT2D eigenvalue weighted by Crippen LogP contribution is 2.32. The summed E-state index contributed by atoms with van der Waals surface area (Å²) >= 11 is 0. The number of fused-ring (bicyclic) bond motifs is 1. The molecule has 0 unspecified atom stereocenters. The lowest BCUT2D eigenvalue weighted by Gasteiger charge is -2.29. The Hall–Kier alpha value is -3.53. The molecular formula is C21H20FN5O4. The van der Waals surface area contributed by atoms with Gasteiger partial charge in [-0.15, -0.1) is 0 Å². The van der Waals surface area contributed by atoms with Crippen molar-refractivity contribution in [2.45, 2.75) is 18.9 Å². The lowest BCUT2D eigenvalue weighted by atomic mass is 10.1. The van der Waals surface area contributed by atoms with Crippen LogP contribution in [-0.4, -0.2) is 47.2 Å².